The van der Waals surface area contributed by atoms with Crippen LogP contribution >= 0.6 is 0 Å². The molecular weight excluding hydrogens is 317 g/mol. The third-order valence-electron chi connectivity index (χ3n) is 3.60. The van der Waals surface area contributed by atoms with Gasteiger partial charge in [-0.3, -0.25) is 9.98 Å². The van der Waals surface area contributed by atoms with Crippen LogP contribution in [0.3, 0.4) is 0 Å². The van der Waals surface area contributed by atoms with Crippen molar-refractivity contribution in [3.05, 3.63) is 47.8 Å². The van der Waals surface area contributed by atoms with E-state index in [-0.39, 0.29) is 11.5 Å². The van der Waals surface area contributed by atoms with E-state index < -0.39 is 23.7 Å². The van der Waals surface area contributed by atoms with Crippen molar-refractivity contribution >= 4 is 17.0 Å². The van der Waals surface area contributed by atoms with Gasteiger partial charge in [0.1, 0.15) is 0 Å². The van der Waals surface area contributed by atoms with Crippen LogP contribution in [0.2, 0.25) is 0 Å². The minimum absolute atomic E-state index is 0.0457. The van der Waals surface area contributed by atoms with E-state index in [0.29, 0.717) is 5.57 Å². The van der Waals surface area contributed by atoms with Gasteiger partial charge in [0.25, 0.3) is 0 Å². The molecule has 1 heterocycles. The Labute approximate surface area is 139 Å². The van der Waals surface area contributed by atoms with E-state index in [2.05, 4.69) is 14.7 Å². The van der Waals surface area contributed by atoms with Gasteiger partial charge in [-0.25, -0.2) is 8.78 Å². The fraction of sp³-hybridized carbons (Fsp3) is 0.333. The van der Waals surface area contributed by atoms with Gasteiger partial charge in [0.15, 0.2) is 11.6 Å². The third kappa shape index (κ3) is 3.93. The van der Waals surface area contributed by atoms with E-state index in [1.54, 1.807) is 13.1 Å². The zero-order valence-electron chi connectivity index (χ0n) is 14.0. The summed E-state index contributed by atoms with van der Waals surface area (Å²) in [6, 6.07) is 2.54. The average molecular weight is 336 g/mol. The smallest absolute Gasteiger partial charge is 0.235 e. The molecule has 0 fully saturated rings. The van der Waals surface area contributed by atoms with Crippen molar-refractivity contribution in [2.24, 2.45) is 15.9 Å². The number of aliphatic imine (C=N–C) groups is 2. The summed E-state index contributed by atoms with van der Waals surface area (Å²) < 4.78 is 45.5. The Balaban J connectivity index is 2.33. The second kappa shape index (κ2) is 7.47. The molecule has 3 nitrogen and oxygen atoms in total. The molecule has 1 aliphatic heterocycles. The van der Waals surface area contributed by atoms with Crippen molar-refractivity contribution in [2.75, 3.05) is 0 Å². The summed E-state index contributed by atoms with van der Waals surface area (Å²) in [5, 5.41) is 0. The van der Waals surface area contributed by atoms with E-state index in [0.717, 1.165) is 18.3 Å². The van der Waals surface area contributed by atoms with E-state index in [9.17, 15) is 13.2 Å². The van der Waals surface area contributed by atoms with Crippen LogP contribution in [0.4, 0.5) is 13.2 Å². The summed E-state index contributed by atoms with van der Waals surface area (Å²) >= 11 is 0. The summed E-state index contributed by atoms with van der Waals surface area (Å²) in [5.74, 6) is -2.68. The number of benzene rings is 1. The molecule has 1 aliphatic rings. The van der Waals surface area contributed by atoms with E-state index in [1.807, 2.05) is 19.9 Å². The molecule has 2 rings (SSSR count). The molecular formula is C18H19F3N2O. The van der Waals surface area contributed by atoms with Crippen LogP contribution in [0.1, 0.15) is 33.3 Å². The minimum Gasteiger partial charge on any atom is -0.458 e. The van der Waals surface area contributed by atoms with Crippen molar-refractivity contribution in [3.8, 4) is 5.75 Å². The summed E-state index contributed by atoms with van der Waals surface area (Å²) in [5.41, 5.74) is 2.03. The molecule has 2 atom stereocenters. The highest BCUT2D eigenvalue weighted by Gasteiger charge is 2.17. The Kier molecular flexibility index (Phi) is 5.59. The van der Waals surface area contributed by atoms with Gasteiger partial charge in [-0.05, 0) is 31.6 Å². The standard InChI is InChI=1S/C18H19F3N2O/c1-10-7-8-22-12(3)18(10)23-9-11(2)14-5-6-15(24-13(4)19)17(21)16(14)20/h5-10,13H,1-4H3/b11-9+,23-18?. The van der Waals surface area contributed by atoms with Gasteiger partial charge in [0.2, 0.25) is 12.2 Å². The van der Waals surface area contributed by atoms with Gasteiger partial charge in [0.05, 0.1) is 11.4 Å². The predicted molar refractivity (Wildman–Crippen MR) is 90.1 cm³/mol. The molecule has 0 bridgehead atoms. The second-order valence-corrected chi connectivity index (χ2v) is 5.57. The van der Waals surface area contributed by atoms with Gasteiger partial charge >= 0.3 is 0 Å². The van der Waals surface area contributed by atoms with E-state index >= 15 is 0 Å². The van der Waals surface area contributed by atoms with Gasteiger partial charge < -0.3 is 4.74 Å². The van der Waals surface area contributed by atoms with Gasteiger partial charge in [-0.1, -0.05) is 13.0 Å². The molecule has 0 aromatic heterocycles. The molecule has 0 radical (unpaired) electrons. The Morgan fingerprint density at radius 3 is 2.67 bits per heavy atom. The molecule has 6 heteroatoms. The topological polar surface area (TPSA) is 34.0 Å². The Morgan fingerprint density at radius 2 is 2.04 bits per heavy atom. The molecule has 0 N–H and O–H groups in total. The first-order chi connectivity index (χ1) is 11.3. The molecule has 0 saturated heterocycles. The van der Waals surface area contributed by atoms with Crippen molar-refractivity contribution in [2.45, 2.75) is 34.1 Å². The van der Waals surface area contributed by atoms with Crippen molar-refractivity contribution in [3.63, 3.8) is 0 Å². The third-order valence-corrected chi connectivity index (χ3v) is 3.60. The highest BCUT2D eigenvalue weighted by Crippen LogP contribution is 2.28. The highest BCUT2D eigenvalue weighted by atomic mass is 19.2. The maximum Gasteiger partial charge on any atom is 0.235 e. The average Bonchev–Trinajstić information content (AvgIpc) is 2.51. The summed E-state index contributed by atoms with van der Waals surface area (Å²) in [7, 11) is 0. The monoisotopic (exact) mass is 336 g/mol. The lowest BCUT2D eigenvalue weighted by atomic mass is 10.00. The first-order valence-electron chi connectivity index (χ1n) is 7.56. The first-order valence-corrected chi connectivity index (χ1v) is 7.56. The quantitative estimate of drug-likeness (QED) is 0.754. The van der Waals surface area contributed by atoms with Crippen molar-refractivity contribution < 1.29 is 17.9 Å². The van der Waals surface area contributed by atoms with Crippen LogP contribution in [0, 0.1) is 17.6 Å². The highest BCUT2D eigenvalue weighted by molar-refractivity contribution is 6.43. The molecule has 2 unspecified atom stereocenters. The molecule has 128 valence electrons. The first kappa shape index (κ1) is 18.0. The SMILES string of the molecule is CC1=NC=CC(C)C1=N/C=C(\C)c1ccc(OC(C)F)c(F)c1F. The van der Waals surface area contributed by atoms with Gasteiger partial charge in [0, 0.05) is 30.8 Å². The number of alkyl halides is 1. The predicted octanol–water partition coefficient (Wildman–Crippen LogP) is 5.09. The normalized spacial score (nSPS) is 21.0. The van der Waals surface area contributed by atoms with Crippen LogP contribution < -0.4 is 4.74 Å². The minimum atomic E-state index is -1.73. The number of rotatable bonds is 4. The Hall–Kier alpha value is -2.37. The van der Waals surface area contributed by atoms with Crippen LogP contribution in [0.5, 0.6) is 5.75 Å². The summed E-state index contributed by atoms with van der Waals surface area (Å²) in [6.45, 7) is 6.53. The van der Waals surface area contributed by atoms with Crippen LogP contribution in [0.15, 0.2) is 40.6 Å². The van der Waals surface area contributed by atoms with Crippen molar-refractivity contribution in [1.29, 1.82) is 0 Å². The number of hydrogen-bond acceptors (Lipinski definition) is 3. The summed E-state index contributed by atoms with van der Waals surface area (Å²) in [4.78, 5) is 8.53. The van der Waals surface area contributed by atoms with Crippen LogP contribution in [0.25, 0.3) is 5.57 Å². The Morgan fingerprint density at radius 1 is 1.33 bits per heavy atom. The molecule has 0 amide bonds. The molecule has 0 saturated carbocycles. The maximum absolute atomic E-state index is 14.2. The Bertz CT molecular complexity index is 749. The van der Waals surface area contributed by atoms with Crippen LogP contribution in [-0.2, 0) is 0 Å². The molecule has 1 aromatic carbocycles. The van der Waals surface area contributed by atoms with Crippen molar-refractivity contribution in [1.82, 2.24) is 0 Å². The van der Waals surface area contributed by atoms with Crippen LogP contribution in [-0.4, -0.2) is 17.8 Å². The lowest BCUT2D eigenvalue weighted by Crippen LogP contribution is -2.20. The fourth-order valence-electron chi connectivity index (χ4n) is 2.32. The molecule has 24 heavy (non-hydrogen) atoms. The van der Waals surface area contributed by atoms with E-state index in [4.69, 9.17) is 0 Å². The number of hydrogen-bond donors (Lipinski definition) is 0. The maximum atomic E-state index is 14.2. The zero-order valence-corrected chi connectivity index (χ0v) is 14.0. The lowest BCUT2D eigenvalue weighted by Gasteiger charge is -2.13. The number of allylic oxidation sites excluding steroid dienone is 2. The second-order valence-electron chi connectivity index (χ2n) is 5.57. The fourth-order valence-corrected chi connectivity index (χ4v) is 2.32. The number of halogens is 3. The largest absolute Gasteiger partial charge is 0.458 e. The van der Waals surface area contributed by atoms with Gasteiger partial charge in [-0.15, -0.1) is 0 Å². The zero-order chi connectivity index (χ0) is 17.9. The molecule has 1 aromatic rings. The number of ether oxygens (including phenoxy) is 1. The number of nitrogens with zero attached hydrogens (tertiary/aromatic N) is 2. The molecule has 0 aliphatic carbocycles. The van der Waals surface area contributed by atoms with E-state index in [1.165, 1.54) is 18.3 Å². The lowest BCUT2D eigenvalue weighted by molar-refractivity contribution is 0.0805. The van der Waals surface area contributed by atoms with Gasteiger partial charge in [-0.2, -0.15) is 4.39 Å². The summed E-state index contributed by atoms with van der Waals surface area (Å²) in [6.07, 6.45) is 3.37. The molecule has 0 spiro atoms.